The minimum Gasteiger partial charge on any atom is -0.349 e. The standard InChI is InChI=1S/C23H23ClN5O3P/c1-33(2,32)18-5-3-4-15(12-18)22(31)28-20-19(24)13-25-23(29-20)27-17-8-6-14(7-9-17)21(30)26-16-10-11-16/h3-9,12-13,16H,10-11H2,1-2H3,(H,26,30)(H2,25,27,28,29,31). The molecule has 1 fully saturated rings. The Morgan fingerprint density at radius 3 is 2.42 bits per heavy atom. The molecule has 1 aliphatic carbocycles. The fourth-order valence-corrected chi connectivity index (χ4v) is 4.04. The second-order valence-electron chi connectivity index (χ2n) is 8.20. The molecule has 2 aromatic carbocycles. The van der Waals surface area contributed by atoms with E-state index in [0.717, 1.165) is 12.8 Å². The van der Waals surface area contributed by atoms with Crippen molar-refractivity contribution >= 4 is 53.3 Å². The van der Waals surface area contributed by atoms with Gasteiger partial charge in [-0.2, -0.15) is 4.98 Å². The third-order valence-corrected chi connectivity index (χ3v) is 6.82. The molecule has 1 heterocycles. The Balaban J connectivity index is 1.46. The predicted molar refractivity (Wildman–Crippen MR) is 131 cm³/mol. The van der Waals surface area contributed by atoms with E-state index in [0.29, 0.717) is 28.2 Å². The molecule has 0 aliphatic heterocycles. The van der Waals surface area contributed by atoms with Crippen molar-refractivity contribution in [3.63, 3.8) is 0 Å². The van der Waals surface area contributed by atoms with E-state index in [2.05, 4.69) is 25.9 Å². The summed E-state index contributed by atoms with van der Waals surface area (Å²) >= 11 is 6.18. The van der Waals surface area contributed by atoms with Gasteiger partial charge in [-0.25, -0.2) is 4.98 Å². The van der Waals surface area contributed by atoms with Gasteiger partial charge >= 0.3 is 0 Å². The lowest BCUT2D eigenvalue weighted by atomic mass is 10.2. The van der Waals surface area contributed by atoms with Crippen LogP contribution in [0.3, 0.4) is 0 Å². The van der Waals surface area contributed by atoms with Crippen molar-refractivity contribution in [3.05, 3.63) is 70.9 Å². The van der Waals surface area contributed by atoms with Crippen LogP contribution in [0.15, 0.2) is 54.7 Å². The third-order valence-electron chi connectivity index (χ3n) is 5.02. The Labute approximate surface area is 196 Å². The Morgan fingerprint density at radius 2 is 1.76 bits per heavy atom. The summed E-state index contributed by atoms with van der Waals surface area (Å²) in [6, 6.07) is 13.9. The van der Waals surface area contributed by atoms with Crippen LogP contribution < -0.4 is 21.3 Å². The molecule has 4 rings (SSSR count). The number of carbonyl (C=O) groups excluding carboxylic acids is 2. The van der Waals surface area contributed by atoms with Gasteiger partial charge in [-0.15, -0.1) is 0 Å². The number of hydrogen-bond acceptors (Lipinski definition) is 6. The molecule has 0 spiro atoms. The SMILES string of the molecule is CP(C)(=O)c1cccc(C(=O)Nc2nc(Nc3ccc(C(=O)NC4CC4)cc3)ncc2Cl)c1. The van der Waals surface area contributed by atoms with E-state index in [9.17, 15) is 14.2 Å². The van der Waals surface area contributed by atoms with Crippen LogP contribution in [0.2, 0.25) is 5.02 Å². The fraction of sp³-hybridized carbons (Fsp3) is 0.217. The molecule has 1 aliphatic rings. The fourth-order valence-electron chi connectivity index (χ4n) is 3.01. The Bertz CT molecular complexity index is 1260. The smallest absolute Gasteiger partial charge is 0.256 e. The second kappa shape index (κ2) is 9.33. The van der Waals surface area contributed by atoms with Crippen LogP contribution in [0.4, 0.5) is 17.5 Å². The first-order valence-corrected chi connectivity index (χ1v) is 13.3. The number of hydrogen-bond donors (Lipinski definition) is 3. The molecular formula is C23H23ClN5O3P. The first-order chi connectivity index (χ1) is 15.7. The predicted octanol–water partition coefficient (Wildman–Crippen LogP) is 4.27. The van der Waals surface area contributed by atoms with Gasteiger partial charge < -0.3 is 20.5 Å². The quantitative estimate of drug-likeness (QED) is 0.433. The number of amides is 2. The van der Waals surface area contributed by atoms with Gasteiger partial charge in [-0.1, -0.05) is 23.7 Å². The highest BCUT2D eigenvalue weighted by atomic mass is 35.5. The first-order valence-electron chi connectivity index (χ1n) is 10.4. The number of carbonyl (C=O) groups is 2. The Hall–Kier alpha value is -3.22. The topological polar surface area (TPSA) is 113 Å². The van der Waals surface area contributed by atoms with E-state index >= 15 is 0 Å². The van der Waals surface area contributed by atoms with Gasteiger partial charge in [0.15, 0.2) is 5.82 Å². The van der Waals surface area contributed by atoms with E-state index in [-0.39, 0.29) is 22.7 Å². The molecule has 3 N–H and O–H groups in total. The van der Waals surface area contributed by atoms with Gasteiger partial charge in [0.2, 0.25) is 5.95 Å². The molecule has 0 unspecified atom stereocenters. The first kappa shape index (κ1) is 23.0. The molecule has 0 bridgehead atoms. The zero-order chi connectivity index (χ0) is 23.6. The molecule has 3 aromatic rings. The number of aromatic nitrogens is 2. The normalized spacial score (nSPS) is 13.3. The number of rotatable bonds is 7. The lowest BCUT2D eigenvalue weighted by molar-refractivity contribution is 0.0950. The number of nitrogens with one attached hydrogen (secondary N) is 3. The van der Waals surface area contributed by atoms with Gasteiger partial charge in [-0.3, -0.25) is 9.59 Å². The third kappa shape index (κ3) is 5.97. The number of halogens is 1. The van der Waals surface area contributed by atoms with Crippen LogP contribution in [0, 0.1) is 0 Å². The number of anilines is 3. The van der Waals surface area contributed by atoms with Crippen molar-refractivity contribution < 1.29 is 14.2 Å². The van der Waals surface area contributed by atoms with Gasteiger partial charge in [0.05, 0.1) is 6.20 Å². The van der Waals surface area contributed by atoms with Crippen LogP contribution in [0.5, 0.6) is 0 Å². The zero-order valence-electron chi connectivity index (χ0n) is 18.1. The summed E-state index contributed by atoms with van der Waals surface area (Å²) in [7, 11) is -2.50. The molecule has 0 saturated heterocycles. The Morgan fingerprint density at radius 1 is 1.03 bits per heavy atom. The molecule has 0 radical (unpaired) electrons. The molecule has 1 aromatic heterocycles. The second-order valence-corrected chi connectivity index (χ2v) is 11.8. The summed E-state index contributed by atoms with van der Waals surface area (Å²) in [5.74, 6) is -0.155. The summed E-state index contributed by atoms with van der Waals surface area (Å²) < 4.78 is 12.3. The molecule has 33 heavy (non-hydrogen) atoms. The van der Waals surface area contributed by atoms with Gasteiger partial charge in [-0.05, 0) is 62.6 Å². The molecule has 170 valence electrons. The maximum absolute atomic E-state index is 12.7. The van der Waals surface area contributed by atoms with Crippen molar-refractivity contribution in [1.29, 1.82) is 0 Å². The molecular weight excluding hydrogens is 461 g/mol. The number of benzene rings is 2. The van der Waals surface area contributed by atoms with E-state index in [1.165, 1.54) is 6.20 Å². The highest BCUT2D eigenvalue weighted by molar-refractivity contribution is 7.70. The van der Waals surface area contributed by atoms with Crippen LogP contribution in [-0.2, 0) is 4.57 Å². The summed E-state index contributed by atoms with van der Waals surface area (Å²) in [4.78, 5) is 33.3. The van der Waals surface area contributed by atoms with Crippen molar-refractivity contribution in [2.75, 3.05) is 24.0 Å². The van der Waals surface area contributed by atoms with Crippen molar-refractivity contribution in [3.8, 4) is 0 Å². The lowest BCUT2D eigenvalue weighted by Crippen LogP contribution is -2.25. The lowest BCUT2D eigenvalue weighted by Gasteiger charge is -2.11. The van der Waals surface area contributed by atoms with E-state index in [4.69, 9.17) is 11.6 Å². The number of nitrogens with zero attached hydrogens (tertiary/aromatic N) is 2. The highest BCUT2D eigenvalue weighted by Gasteiger charge is 2.23. The summed E-state index contributed by atoms with van der Waals surface area (Å²) in [5, 5.41) is 9.44. The van der Waals surface area contributed by atoms with Crippen molar-refractivity contribution in [2.24, 2.45) is 0 Å². The zero-order valence-corrected chi connectivity index (χ0v) is 19.8. The largest absolute Gasteiger partial charge is 0.349 e. The average Bonchev–Trinajstić information content (AvgIpc) is 3.60. The molecule has 2 amide bonds. The highest BCUT2D eigenvalue weighted by Crippen LogP contribution is 2.34. The van der Waals surface area contributed by atoms with E-state index in [1.54, 1.807) is 61.9 Å². The molecule has 8 nitrogen and oxygen atoms in total. The van der Waals surface area contributed by atoms with E-state index < -0.39 is 13.0 Å². The Kier molecular flexibility index (Phi) is 6.49. The van der Waals surface area contributed by atoms with Crippen LogP contribution in [-0.4, -0.2) is 41.2 Å². The molecule has 1 saturated carbocycles. The molecule has 10 heteroatoms. The molecule has 0 atom stereocenters. The van der Waals surface area contributed by atoms with Crippen molar-refractivity contribution in [1.82, 2.24) is 15.3 Å². The monoisotopic (exact) mass is 483 g/mol. The van der Waals surface area contributed by atoms with Crippen LogP contribution >= 0.6 is 18.7 Å². The van der Waals surface area contributed by atoms with Crippen LogP contribution in [0.25, 0.3) is 0 Å². The van der Waals surface area contributed by atoms with Crippen molar-refractivity contribution in [2.45, 2.75) is 18.9 Å². The minimum atomic E-state index is -2.50. The summed E-state index contributed by atoms with van der Waals surface area (Å²) in [6.45, 7) is 3.30. The summed E-state index contributed by atoms with van der Waals surface area (Å²) in [6.07, 6.45) is 3.44. The average molecular weight is 484 g/mol. The maximum atomic E-state index is 12.7. The minimum absolute atomic E-state index is 0.0941. The van der Waals surface area contributed by atoms with Gasteiger partial charge in [0, 0.05) is 28.2 Å². The summed E-state index contributed by atoms with van der Waals surface area (Å²) in [5.41, 5.74) is 1.59. The van der Waals surface area contributed by atoms with E-state index in [1.807, 2.05) is 0 Å². The van der Waals surface area contributed by atoms with Gasteiger partial charge in [0.1, 0.15) is 12.2 Å². The van der Waals surface area contributed by atoms with Gasteiger partial charge in [0.25, 0.3) is 11.8 Å². The van der Waals surface area contributed by atoms with Crippen LogP contribution in [0.1, 0.15) is 33.6 Å². The maximum Gasteiger partial charge on any atom is 0.256 e.